The van der Waals surface area contributed by atoms with E-state index in [1.54, 1.807) is 18.2 Å². The number of carbonyl (C=O) groups is 1. The van der Waals surface area contributed by atoms with Crippen molar-refractivity contribution >= 4 is 17.4 Å². The number of carbonyl (C=O) groups excluding carboxylic acids is 1. The van der Waals surface area contributed by atoms with Crippen LogP contribution in [0.4, 0.5) is 0 Å². The second-order valence-corrected chi connectivity index (χ2v) is 7.41. The topological polar surface area (TPSA) is 23.6 Å². The standard InChI is InChI=1S/C20H27ClN2O/c21-19-9-5-4-8-18(19)20(24)10-11-22-12-14-23(15-13-22)16-17-6-2-1-3-7-17/h4-5,8-11,17H,1-3,6-7,12-16H2. The first kappa shape index (κ1) is 17.5. The van der Waals surface area contributed by atoms with Gasteiger partial charge in [-0.3, -0.25) is 9.69 Å². The van der Waals surface area contributed by atoms with Gasteiger partial charge in [-0.2, -0.15) is 0 Å². The predicted molar refractivity (Wildman–Crippen MR) is 99.5 cm³/mol. The second-order valence-electron chi connectivity index (χ2n) is 7.00. The first-order chi connectivity index (χ1) is 11.7. The number of piperazine rings is 1. The van der Waals surface area contributed by atoms with Crippen LogP contribution in [0.15, 0.2) is 36.5 Å². The predicted octanol–water partition coefficient (Wildman–Crippen LogP) is 4.23. The molecule has 130 valence electrons. The third-order valence-electron chi connectivity index (χ3n) is 5.22. The molecule has 0 radical (unpaired) electrons. The van der Waals surface area contributed by atoms with Crippen LogP contribution in [0.5, 0.6) is 0 Å². The van der Waals surface area contributed by atoms with E-state index in [1.165, 1.54) is 38.6 Å². The molecule has 0 unspecified atom stereocenters. The average molecular weight is 347 g/mol. The van der Waals surface area contributed by atoms with E-state index in [-0.39, 0.29) is 5.78 Å². The van der Waals surface area contributed by atoms with E-state index in [0.29, 0.717) is 10.6 Å². The molecule has 1 aromatic rings. The van der Waals surface area contributed by atoms with Gasteiger partial charge in [-0.05, 0) is 30.9 Å². The third kappa shape index (κ3) is 4.84. The molecule has 2 aliphatic rings. The highest BCUT2D eigenvalue weighted by Gasteiger charge is 2.20. The highest BCUT2D eigenvalue weighted by atomic mass is 35.5. The Hall–Kier alpha value is -1.32. The van der Waals surface area contributed by atoms with Crippen LogP contribution in [0.2, 0.25) is 5.02 Å². The lowest BCUT2D eigenvalue weighted by atomic mass is 9.89. The highest BCUT2D eigenvalue weighted by Crippen LogP contribution is 2.24. The fourth-order valence-corrected chi connectivity index (χ4v) is 3.98. The third-order valence-corrected chi connectivity index (χ3v) is 5.55. The number of rotatable bonds is 5. The van der Waals surface area contributed by atoms with Gasteiger partial charge < -0.3 is 4.90 Å². The molecule has 2 fully saturated rings. The molecule has 1 aromatic carbocycles. The number of allylic oxidation sites excluding steroid dienone is 1. The molecule has 4 heteroatoms. The Morgan fingerprint density at radius 2 is 1.79 bits per heavy atom. The zero-order valence-electron chi connectivity index (χ0n) is 14.3. The number of hydrogen-bond donors (Lipinski definition) is 0. The zero-order valence-corrected chi connectivity index (χ0v) is 15.0. The van der Waals surface area contributed by atoms with Crippen molar-refractivity contribution in [2.24, 2.45) is 5.92 Å². The minimum atomic E-state index is -0.0229. The van der Waals surface area contributed by atoms with Crippen molar-refractivity contribution in [3.63, 3.8) is 0 Å². The molecule has 1 aliphatic carbocycles. The molecule has 24 heavy (non-hydrogen) atoms. The summed E-state index contributed by atoms with van der Waals surface area (Å²) in [6.07, 6.45) is 10.7. The molecule has 0 N–H and O–H groups in total. The normalized spacial score (nSPS) is 20.6. The Morgan fingerprint density at radius 3 is 2.50 bits per heavy atom. The molecule has 1 saturated carbocycles. The fourth-order valence-electron chi connectivity index (χ4n) is 3.75. The largest absolute Gasteiger partial charge is 0.375 e. The second kappa shape index (κ2) is 8.68. The van der Waals surface area contributed by atoms with Crippen molar-refractivity contribution in [2.45, 2.75) is 32.1 Å². The van der Waals surface area contributed by atoms with Crippen LogP contribution in [-0.2, 0) is 0 Å². The van der Waals surface area contributed by atoms with Crippen molar-refractivity contribution in [1.82, 2.24) is 9.80 Å². The van der Waals surface area contributed by atoms with Gasteiger partial charge in [0.15, 0.2) is 5.78 Å². The monoisotopic (exact) mass is 346 g/mol. The first-order valence-corrected chi connectivity index (χ1v) is 9.53. The summed E-state index contributed by atoms with van der Waals surface area (Å²) < 4.78 is 0. The summed E-state index contributed by atoms with van der Waals surface area (Å²) in [5, 5.41) is 0.518. The van der Waals surface area contributed by atoms with Gasteiger partial charge in [0.25, 0.3) is 0 Å². The van der Waals surface area contributed by atoms with Crippen molar-refractivity contribution in [3.05, 3.63) is 47.1 Å². The van der Waals surface area contributed by atoms with E-state index in [0.717, 1.165) is 32.1 Å². The minimum Gasteiger partial charge on any atom is -0.375 e. The molecule has 0 amide bonds. The molecule has 1 heterocycles. The lowest BCUT2D eigenvalue weighted by Gasteiger charge is -2.36. The number of hydrogen-bond acceptors (Lipinski definition) is 3. The first-order valence-electron chi connectivity index (χ1n) is 9.16. The zero-order chi connectivity index (χ0) is 16.8. The summed E-state index contributed by atoms with van der Waals surface area (Å²) in [7, 11) is 0. The van der Waals surface area contributed by atoms with Gasteiger partial charge in [0, 0.05) is 50.6 Å². The SMILES string of the molecule is O=C(C=CN1CCN(CC2CCCCC2)CC1)c1ccccc1Cl. The van der Waals surface area contributed by atoms with Crippen LogP contribution in [0.25, 0.3) is 0 Å². The Bertz CT molecular complexity index is 573. The van der Waals surface area contributed by atoms with Crippen LogP contribution in [0.1, 0.15) is 42.5 Å². The van der Waals surface area contributed by atoms with E-state index in [1.807, 2.05) is 18.3 Å². The maximum Gasteiger partial charge on any atom is 0.188 e. The molecule has 1 saturated heterocycles. The van der Waals surface area contributed by atoms with Crippen molar-refractivity contribution in [3.8, 4) is 0 Å². The summed E-state index contributed by atoms with van der Waals surface area (Å²) >= 11 is 6.08. The Labute approximate surface area is 150 Å². The molecule has 0 bridgehead atoms. The lowest BCUT2D eigenvalue weighted by Crippen LogP contribution is -2.45. The van der Waals surface area contributed by atoms with Crippen LogP contribution >= 0.6 is 11.6 Å². The molecule has 3 nitrogen and oxygen atoms in total. The number of ketones is 1. The minimum absolute atomic E-state index is 0.0229. The average Bonchev–Trinajstić information content (AvgIpc) is 2.62. The van der Waals surface area contributed by atoms with E-state index in [4.69, 9.17) is 11.6 Å². The van der Waals surface area contributed by atoms with Crippen LogP contribution in [0, 0.1) is 5.92 Å². The number of halogens is 1. The van der Waals surface area contributed by atoms with E-state index in [2.05, 4.69) is 9.80 Å². The molecule has 0 spiro atoms. The van der Waals surface area contributed by atoms with Gasteiger partial charge in [-0.1, -0.05) is 43.0 Å². The molecule has 0 aromatic heterocycles. The van der Waals surface area contributed by atoms with Crippen molar-refractivity contribution in [1.29, 1.82) is 0 Å². The summed E-state index contributed by atoms with van der Waals surface area (Å²) in [4.78, 5) is 17.1. The maximum atomic E-state index is 12.2. The smallest absolute Gasteiger partial charge is 0.188 e. The molecular formula is C20H27ClN2O. The molecular weight excluding hydrogens is 320 g/mol. The van der Waals surface area contributed by atoms with Crippen LogP contribution in [0.3, 0.4) is 0 Å². The number of nitrogens with zero attached hydrogens (tertiary/aromatic N) is 2. The molecule has 0 atom stereocenters. The van der Waals surface area contributed by atoms with Gasteiger partial charge in [0.1, 0.15) is 0 Å². The quantitative estimate of drug-likeness (QED) is 0.588. The maximum absolute atomic E-state index is 12.2. The van der Waals surface area contributed by atoms with Gasteiger partial charge in [0.2, 0.25) is 0 Å². The molecule has 1 aliphatic heterocycles. The van der Waals surface area contributed by atoms with E-state index >= 15 is 0 Å². The van der Waals surface area contributed by atoms with E-state index in [9.17, 15) is 4.79 Å². The number of benzene rings is 1. The lowest BCUT2D eigenvalue weighted by molar-refractivity contribution is 0.104. The highest BCUT2D eigenvalue weighted by molar-refractivity contribution is 6.34. The molecule has 3 rings (SSSR count). The summed E-state index contributed by atoms with van der Waals surface area (Å²) in [6.45, 7) is 5.45. The fraction of sp³-hybridized carbons (Fsp3) is 0.550. The van der Waals surface area contributed by atoms with E-state index < -0.39 is 0 Å². The van der Waals surface area contributed by atoms with Gasteiger partial charge >= 0.3 is 0 Å². The Balaban J connectivity index is 1.45. The summed E-state index contributed by atoms with van der Waals surface area (Å²) in [6, 6.07) is 7.22. The van der Waals surface area contributed by atoms with Crippen LogP contribution in [-0.4, -0.2) is 48.3 Å². The summed E-state index contributed by atoms with van der Waals surface area (Å²) in [5.74, 6) is 0.882. The summed E-state index contributed by atoms with van der Waals surface area (Å²) in [5.41, 5.74) is 0.575. The Kier molecular flexibility index (Phi) is 6.33. The van der Waals surface area contributed by atoms with Gasteiger partial charge in [0.05, 0.1) is 5.02 Å². The van der Waals surface area contributed by atoms with Crippen molar-refractivity contribution in [2.75, 3.05) is 32.7 Å². The Morgan fingerprint density at radius 1 is 1.08 bits per heavy atom. The van der Waals surface area contributed by atoms with Gasteiger partial charge in [-0.25, -0.2) is 0 Å². The van der Waals surface area contributed by atoms with Crippen molar-refractivity contribution < 1.29 is 4.79 Å². The van der Waals surface area contributed by atoms with Gasteiger partial charge in [-0.15, -0.1) is 0 Å². The van der Waals surface area contributed by atoms with Crippen LogP contribution < -0.4 is 0 Å².